The molecule has 0 fully saturated rings. The first-order valence-corrected chi connectivity index (χ1v) is 9.31. The van der Waals surface area contributed by atoms with E-state index in [1.165, 1.54) is 5.56 Å². The van der Waals surface area contributed by atoms with Gasteiger partial charge in [-0.1, -0.05) is 49.3 Å². The summed E-state index contributed by atoms with van der Waals surface area (Å²) in [4.78, 5) is 6.60. The Bertz CT molecular complexity index is 659. The van der Waals surface area contributed by atoms with Crippen molar-refractivity contribution in [3.05, 3.63) is 52.9 Å². The van der Waals surface area contributed by atoms with Crippen molar-refractivity contribution in [2.45, 2.75) is 39.8 Å². The maximum Gasteiger partial charge on any atom is 0.191 e. The van der Waals surface area contributed by atoms with Crippen LogP contribution in [0.5, 0.6) is 0 Å². The Labute approximate surface area is 156 Å². The fourth-order valence-corrected chi connectivity index (χ4v) is 2.87. The summed E-state index contributed by atoms with van der Waals surface area (Å²) in [5.41, 5.74) is 3.50. The minimum Gasteiger partial charge on any atom is -0.361 e. The van der Waals surface area contributed by atoms with Crippen LogP contribution in [-0.2, 0) is 25.9 Å². The van der Waals surface area contributed by atoms with Gasteiger partial charge in [-0.3, -0.25) is 4.99 Å². The molecule has 0 atom stereocenters. The molecule has 0 unspecified atom stereocenters. The van der Waals surface area contributed by atoms with Crippen LogP contribution in [0.2, 0.25) is 0 Å². The zero-order chi connectivity index (χ0) is 18.8. The highest BCUT2D eigenvalue weighted by Gasteiger charge is 2.13. The standard InChI is InChI=1S/C20H31N5O/c1-5-18-17(19(6-2)26-24-18)14-23-20(21-3)22-12-13-25(4)15-16-10-8-7-9-11-16/h7-11H,5-6,12-15H2,1-4H3,(H2,21,22,23). The molecule has 0 aliphatic heterocycles. The molecule has 6 heteroatoms. The van der Waals surface area contributed by atoms with Gasteiger partial charge >= 0.3 is 0 Å². The molecule has 2 N–H and O–H groups in total. The lowest BCUT2D eigenvalue weighted by Gasteiger charge is -2.18. The maximum atomic E-state index is 5.41. The van der Waals surface area contributed by atoms with Crippen LogP contribution in [0.25, 0.3) is 0 Å². The lowest BCUT2D eigenvalue weighted by Crippen LogP contribution is -2.40. The van der Waals surface area contributed by atoms with E-state index in [2.05, 4.69) is 70.8 Å². The van der Waals surface area contributed by atoms with Gasteiger partial charge in [0.15, 0.2) is 5.96 Å². The molecule has 1 aromatic carbocycles. The highest BCUT2D eigenvalue weighted by atomic mass is 16.5. The number of rotatable bonds is 9. The molecular weight excluding hydrogens is 326 g/mol. The van der Waals surface area contributed by atoms with Gasteiger partial charge in [-0.15, -0.1) is 0 Å². The summed E-state index contributed by atoms with van der Waals surface area (Å²) in [6.07, 6.45) is 1.72. The van der Waals surface area contributed by atoms with Gasteiger partial charge in [-0.2, -0.15) is 0 Å². The Hall–Kier alpha value is -2.34. The Kier molecular flexibility index (Phi) is 8.15. The average Bonchev–Trinajstić information content (AvgIpc) is 3.07. The van der Waals surface area contributed by atoms with Crippen molar-refractivity contribution >= 4 is 5.96 Å². The van der Waals surface area contributed by atoms with Crippen molar-refractivity contribution in [2.75, 3.05) is 27.2 Å². The van der Waals surface area contributed by atoms with Gasteiger partial charge in [-0.25, -0.2) is 0 Å². The number of aryl methyl sites for hydroxylation is 2. The molecule has 1 heterocycles. The molecule has 0 spiro atoms. The van der Waals surface area contributed by atoms with Crippen LogP contribution >= 0.6 is 0 Å². The minimum absolute atomic E-state index is 0.676. The molecule has 2 rings (SSSR count). The summed E-state index contributed by atoms with van der Waals surface area (Å²) in [5, 5.41) is 10.9. The van der Waals surface area contributed by atoms with Crippen LogP contribution in [0.3, 0.4) is 0 Å². The summed E-state index contributed by atoms with van der Waals surface area (Å²) >= 11 is 0. The number of hydrogen-bond donors (Lipinski definition) is 2. The normalized spacial score (nSPS) is 11.8. The SMILES string of the molecule is CCc1noc(CC)c1CNC(=NC)NCCN(C)Cc1ccccc1. The molecule has 0 amide bonds. The van der Waals surface area contributed by atoms with E-state index in [4.69, 9.17) is 4.52 Å². The van der Waals surface area contributed by atoms with Crippen LogP contribution in [0.1, 0.15) is 36.4 Å². The number of guanidine groups is 1. The van der Waals surface area contributed by atoms with Crippen molar-refractivity contribution < 1.29 is 4.52 Å². The lowest BCUT2D eigenvalue weighted by atomic mass is 10.1. The van der Waals surface area contributed by atoms with Gasteiger partial charge in [0.2, 0.25) is 0 Å². The van der Waals surface area contributed by atoms with Crippen LogP contribution in [0, 0.1) is 0 Å². The minimum atomic E-state index is 0.676. The Morgan fingerprint density at radius 2 is 1.92 bits per heavy atom. The van der Waals surface area contributed by atoms with Crippen LogP contribution in [0.4, 0.5) is 0 Å². The fraction of sp³-hybridized carbons (Fsp3) is 0.500. The topological polar surface area (TPSA) is 65.7 Å². The second kappa shape index (κ2) is 10.6. The Morgan fingerprint density at radius 3 is 2.58 bits per heavy atom. The van der Waals surface area contributed by atoms with Gasteiger partial charge in [0.05, 0.1) is 5.69 Å². The second-order valence-electron chi connectivity index (χ2n) is 6.31. The number of aliphatic imine (C=N–C) groups is 1. The Morgan fingerprint density at radius 1 is 1.15 bits per heavy atom. The van der Waals surface area contributed by atoms with E-state index in [1.807, 2.05) is 6.07 Å². The molecule has 0 bridgehead atoms. The number of aromatic nitrogens is 1. The third-order valence-electron chi connectivity index (χ3n) is 4.34. The zero-order valence-electron chi connectivity index (χ0n) is 16.4. The number of nitrogens with one attached hydrogen (secondary N) is 2. The zero-order valence-corrected chi connectivity index (χ0v) is 16.4. The monoisotopic (exact) mass is 357 g/mol. The largest absolute Gasteiger partial charge is 0.361 e. The van der Waals surface area contributed by atoms with Gasteiger partial charge < -0.3 is 20.1 Å². The molecule has 0 saturated carbocycles. The first kappa shape index (κ1) is 20.0. The van der Waals surface area contributed by atoms with Crippen molar-refractivity contribution in [1.29, 1.82) is 0 Å². The summed E-state index contributed by atoms with van der Waals surface area (Å²) in [6, 6.07) is 10.5. The van der Waals surface area contributed by atoms with Crippen molar-refractivity contribution in [1.82, 2.24) is 20.7 Å². The quantitative estimate of drug-likeness (QED) is 0.533. The predicted molar refractivity (Wildman–Crippen MR) is 106 cm³/mol. The molecule has 1 aromatic heterocycles. The van der Waals surface area contributed by atoms with E-state index >= 15 is 0 Å². The van der Waals surface area contributed by atoms with Crippen molar-refractivity contribution in [3.63, 3.8) is 0 Å². The number of hydrogen-bond acceptors (Lipinski definition) is 4. The fourth-order valence-electron chi connectivity index (χ4n) is 2.87. The molecule has 0 aliphatic carbocycles. The van der Waals surface area contributed by atoms with E-state index in [0.29, 0.717) is 6.54 Å². The highest BCUT2D eigenvalue weighted by Crippen LogP contribution is 2.15. The summed E-state index contributed by atoms with van der Waals surface area (Å²) in [7, 11) is 3.92. The lowest BCUT2D eigenvalue weighted by molar-refractivity contribution is 0.331. The highest BCUT2D eigenvalue weighted by molar-refractivity contribution is 5.79. The van der Waals surface area contributed by atoms with E-state index < -0.39 is 0 Å². The number of nitrogens with zero attached hydrogens (tertiary/aromatic N) is 3. The smallest absolute Gasteiger partial charge is 0.191 e. The first-order chi connectivity index (χ1) is 12.7. The van der Waals surface area contributed by atoms with Crippen molar-refractivity contribution in [3.8, 4) is 0 Å². The molecule has 0 aliphatic rings. The predicted octanol–water partition coefficient (Wildman–Crippen LogP) is 2.60. The molecule has 6 nitrogen and oxygen atoms in total. The van der Waals surface area contributed by atoms with Gasteiger partial charge in [0.1, 0.15) is 5.76 Å². The van der Waals surface area contributed by atoms with E-state index in [9.17, 15) is 0 Å². The molecule has 142 valence electrons. The van der Waals surface area contributed by atoms with Crippen LogP contribution < -0.4 is 10.6 Å². The maximum absolute atomic E-state index is 5.41. The average molecular weight is 358 g/mol. The second-order valence-corrected chi connectivity index (χ2v) is 6.31. The van der Waals surface area contributed by atoms with E-state index in [1.54, 1.807) is 7.05 Å². The number of benzene rings is 1. The molecule has 26 heavy (non-hydrogen) atoms. The number of likely N-dealkylation sites (N-methyl/N-ethyl adjacent to an activating group) is 1. The molecule has 2 aromatic rings. The van der Waals surface area contributed by atoms with Gasteiger partial charge in [0.25, 0.3) is 0 Å². The molecule has 0 saturated heterocycles. The van der Waals surface area contributed by atoms with E-state index in [0.717, 1.165) is 55.5 Å². The van der Waals surface area contributed by atoms with Crippen LogP contribution in [0.15, 0.2) is 39.8 Å². The molecular formula is C20H31N5O. The van der Waals surface area contributed by atoms with Gasteiger partial charge in [0, 0.05) is 45.2 Å². The third-order valence-corrected chi connectivity index (χ3v) is 4.34. The molecule has 0 radical (unpaired) electrons. The van der Waals surface area contributed by atoms with Crippen LogP contribution in [-0.4, -0.2) is 43.2 Å². The first-order valence-electron chi connectivity index (χ1n) is 9.31. The summed E-state index contributed by atoms with van der Waals surface area (Å²) < 4.78 is 5.41. The van der Waals surface area contributed by atoms with E-state index in [-0.39, 0.29) is 0 Å². The van der Waals surface area contributed by atoms with Gasteiger partial charge in [-0.05, 0) is 19.0 Å². The summed E-state index contributed by atoms with van der Waals surface area (Å²) in [5.74, 6) is 1.75. The Balaban J connectivity index is 1.77. The van der Waals surface area contributed by atoms with Crippen molar-refractivity contribution in [2.24, 2.45) is 4.99 Å². The third kappa shape index (κ3) is 5.88. The summed E-state index contributed by atoms with van der Waals surface area (Å²) in [6.45, 7) is 7.55.